The molecule has 1 saturated heterocycles. The van der Waals surface area contributed by atoms with Crippen LogP contribution in [0, 0.1) is 0 Å². The number of rotatable bonds is 1. The number of nitrogens with one attached hydrogen (secondary N) is 1. The highest BCUT2D eigenvalue weighted by Crippen LogP contribution is 2.17. The van der Waals surface area contributed by atoms with Crippen LogP contribution in [0.3, 0.4) is 0 Å². The van der Waals surface area contributed by atoms with E-state index in [1.807, 2.05) is 34.6 Å². The van der Waals surface area contributed by atoms with Gasteiger partial charge < -0.3 is 5.32 Å². The highest BCUT2D eigenvalue weighted by Gasteiger charge is 2.35. The van der Waals surface area contributed by atoms with Gasteiger partial charge in [-0.3, -0.25) is 4.79 Å². The topological polar surface area (TPSA) is 29.1 Å². The number of carbonyl (C=O) groups excluding carboxylic acids is 1. The summed E-state index contributed by atoms with van der Waals surface area (Å²) in [6, 6.07) is 0. The lowest BCUT2D eigenvalue weighted by atomic mass is 9.87. The Hall–Kier alpha value is -0.370. The van der Waals surface area contributed by atoms with Crippen LogP contribution in [0.2, 0.25) is 0 Å². The Morgan fingerprint density at radius 3 is 1.58 bits per heavy atom. The Bertz CT molecular complexity index is 117. The molecule has 0 bridgehead atoms. The Balaban J connectivity index is 0. The molecule has 2 heteroatoms. The van der Waals surface area contributed by atoms with Crippen molar-refractivity contribution in [1.29, 1.82) is 0 Å². The van der Waals surface area contributed by atoms with Crippen molar-refractivity contribution >= 4 is 5.78 Å². The molecule has 1 unspecified atom stereocenters. The molecule has 0 aliphatic carbocycles. The molecule has 12 heavy (non-hydrogen) atoms. The predicted octanol–water partition coefficient (Wildman–Crippen LogP) is 2.38. The van der Waals surface area contributed by atoms with Crippen LogP contribution in [0.15, 0.2) is 0 Å². The third kappa shape index (κ3) is 3.86. The van der Waals surface area contributed by atoms with Crippen LogP contribution in [-0.4, -0.2) is 17.9 Å². The van der Waals surface area contributed by atoms with E-state index in [1.54, 1.807) is 6.92 Å². The monoisotopic (exact) mass is 173 g/mol. The molecular weight excluding hydrogens is 150 g/mol. The number of hydrogen-bond acceptors (Lipinski definition) is 2. The largest absolute Gasteiger partial charge is 0.305 e. The molecule has 0 saturated carbocycles. The first-order valence-corrected chi connectivity index (χ1v) is 4.91. The van der Waals surface area contributed by atoms with E-state index in [2.05, 4.69) is 5.32 Å². The molecule has 1 N–H and O–H groups in total. The van der Waals surface area contributed by atoms with Crippen molar-refractivity contribution in [2.75, 3.05) is 6.54 Å². The molecule has 74 valence electrons. The van der Waals surface area contributed by atoms with Crippen LogP contribution in [-0.2, 0) is 4.79 Å². The lowest BCUT2D eigenvalue weighted by Crippen LogP contribution is -2.59. The fourth-order valence-corrected chi connectivity index (χ4v) is 0.801. The van der Waals surface area contributed by atoms with Gasteiger partial charge in [-0.2, -0.15) is 0 Å². The summed E-state index contributed by atoms with van der Waals surface area (Å²) in [6.45, 7) is 12.6. The minimum absolute atomic E-state index is 0.167. The van der Waals surface area contributed by atoms with Crippen LogP contribution < -0.4 is 5.32 Å². The first-order valence-electron chi connectivity index (χ1n) is 4.91. The van der Waals surface area contributed by atoms with Crippen molar-refractivity contribution in [3.05, 3.63) is 0 Å². The molecule has 1 rings (SSSR count). The molecule has 0 radical (unpaired) electrons. The summed E-state index contributed by atoms with van der Waals surface area (Å²) in [6.07, 6.45) is 1.00. The quantitative estimate of drug-likeness (QED) is 0.659. The number of carbonyl (C=O) groups is 1. The second kappa shape index (κ2) is 7.29. The summed E-state index contributed by atoms with van der Waals surface area (Å²) in [5.74, 6) is 0.253. The fourth-order valence-electron chi connectivity index (χ4n) is 0.801. The molecule has 2 nitrogen and oxygen atoms in total. The lowest BCUT2D eigenvalue weighted by Gasteiger charge is -2.37. The Labute approximate surface area is 76.7 Å². The van der Waals surface area contributed by atoms with E-state index in [1.165, 1.54) is 0 Å². The summed E-state index contributed by atoms with van der Waals surface area (Å²) in [4.78, 5) is 10.7. The smallest absolute Gasteiger partial charge is 0.149 e. The third-order valence-corrected chi connectivity index (χ3v) is 1.92. The van der Waals surface area contributed by atoms with E-state index in [4.69, 9.17) is 0 Å². The zero-order chi connectivity index (χ0) is 10.2. The maximum absolute atomic E-state index is 10.7. The minimum Gasteiger partial charge on any atom is -0.305 e. The van der Waals surface area contributed by atoms with Crippen molar-refractivity contribution in [2.24, 2.45) is 0 Å². The van der Waals surface area contributed by atoms with Crippen molar-refractivity contribution in [2.45, 2.75) is 53.5 Å². The normalized spacial score (nSPS) is 25.2. The second-order valence-corrected chi connectivity index (χ2v) is 2.57. The molecule has 0 amide bonds. The zero-order valence-electron chi connectivity index (χ0n) is 9.32. The van der Waals surface area contributed by atoms with Crippen molar-refractivity contribution in [3.8, 4) is 0 Å². The highest BCUT2D eigenvalue weighted by atomic mass is 16.1. The summed E-state index contributed by atoms with van der Waals surface area (Å²) >= 11 is 0. The van der Waals surface area contributed by atoms with E-state index >= 15 is 0 Å². The molecule has 0 aromatic rings. The molecular formula is C10H23NO. The number of ketones is 1. The first-order chi connectivity index (χ1) is 5.65. The fraction of sp³-hybridized carbons (Fsp3) is 0.900. The van der Waals surface area contributed by atoms with Gasteiger partial charge in [0.1, 0.15) is 5.78 Å². The second-order valence-electron chi connectivity index (χ2n) is 2.57. The molecule has 1 aliphatic rings. The van der Waals surface area contributed by atoms with E-state index in [-0.39, 0.29) is 11.3 Å². The summed E-state index contributed by atoms with van der Waals surface area (Å²) < 4.78 is 0. The first kappa shape index (κ1) is 14.2. The van der Waals surface area contributed by atoms with Crippen molar-refractivity contribution < 1.29 is 4.79 Å². The molecule has 1 fully saturated rings. The maximum Gasteiger partial charge on any atom is 0.149 e. The van der Waals surface area contributed by atoms with Gasteiger partial charge in [-0.15, -0.1) is 0 Å². The van der Waals surface area contributed by atoms with Crippen LogP contribution in [0.4, 0.5) is 0 Å². The standard InChI is InChI=1S/C6H11NO.2C2H6/c1-5(8)6(2)3-4-7-6;2*1-2/h7H,3-4H2,1-2H3;2*1-2H3. The van der Waals surface area contributed by atoms with E-state index in [0.717, 1.165) is 13.0 Å². The summed E-state index contributed by atoms with van der Waals surface area (Å²) in [5, 5.41) is 3.07. The highest BCUT2D eigenvalue weighted by molar-refractivity contribution is 5.86. The Morgan fingerprint density at radius 1 is 1.25 bits per heavy atom. The van der Waals surface area contributed by atoms with Gasteiger partial charge in [0.15, 0.2) is 0 Å². The number of Topliss-reactive ketones (excluding diaryl/α,β-unsaturated/α-hetero) is 1. The van der Waals surface area contributed by atoms with Crippen molar-refractivity contribution in [3.63, 3.8) is 0 Å². The summed E-state index contributed by atoms with van der Waals surface area (Å²) in [5.41, 5.74) is -0.167. The average molecular weight is 173 g/mol. The lowest BCUT2D eigenvalue weighted by molar-refractivity contribution is -0.125. The summed E-state index contributed by atoms with van der Waals surface area (Å²) in [7, 11) is 0. The Kier molecular flexibility index (Phi) is 8.61. The van der Waals surface area contributed by atoms with Gasteiger partial charge in [0, 0.05) is 0 Å². The molecule has 0 aromatic carbocycles. The number of hydrogen-bond donors (Lipinski definition) is 1. The van der Waals surface area contributed by atoms with Crippen molar-refractivity contribution in [1.82, 2.24) is 5.32 Å². The van der Waals surface area contributed by atoms with Gasteiger partial charge in [-0.1, -0.05) is 27.7 Å². The van der Waals surface area contributed by atoms with Crippen LogP contribution >= 0.6 is 0 Å². The van der Waals surface area contributed by atoms with Gasteiger partial charge in [-0.25, -0.2) is 0 Å². The average Bonchev–Trinajstić information content (AvgIpc) is 2.07. The Morgan fingerprint density at radius 2 is 1.58 bits per heavy atom. The minimum atomic E-state index is -0.167. The van der Waals surface area contributed by atoms with Gasteiger partial charge in [0.05, 0.1) is 5.54 Å². The molecule has 1 aliphatic heterocycles. The van der Waals surface area contributed by atoms with Crippen LogP contribution in [0.1, 0.15) is 48.0 Å². The molecule has 1 heterocycles. The molecule has 1 atom stereocenters. The van der Waals surface area contributed by atoms with Crippen LogP contribution in [0.5, 0.6) is 0 Å². The maximum atomic E-state index is 10.7. The van der Waals surface area contributed by atoms with E-state index < -0.39 is 0 Å². The predicted molar refractivity (Wildman–Crippen MR) is 54.4 cm³/mol. The molecule has 0 aromatic heterocycles. The molecule has 0 spiro atoms. The van der Waals surface area contributed by atoms with E-state index in [0.29, 0.717) is 0 Å². The SMILES string of the molecule is CC.CC.CC(=O)C1(C)CCN1. The van der Waals surface area contributed by atoms with Crippen LogP contribution in [0.25, 0.3) is 0 Å². The van der Waals surface area contributed by atoms with Gasteiger partial charge in [-0.05, 0) is 26.8 Å². The van der Waals surface area contributed by atoms with E-state index in [9.17, 15) is 4.79 Å². The zero-order valence-corrected chi connectivity index (χ0v) is 9.32. The van der Waals surface area contributed by atoms with Gasteiger partial charge in [0.25, 0.3) is 0 Å². The third-order valence-electron chi connectivity index (χ3n) is 1.92. The van der Waals surface area contributed by atoms with Gasteiger partial charge >= 0.3 is 0 Å². The van der Waals surface area contributed by atoms with Gasteiger partial charge in [0.2, 0.25) is 0 Å².